The molecule has 0 aromatic heterocycles. The topological polar surface area (TPSA) is 36.9 Å². The molecule has 1 aromatic carbocycles. The highest BCUT2D eigenvalue weighted by Crippen LogP contribution is 2.47. The minimum atomic E-state index is 0. The van der Waals surface area contributed by atoms with Gasteiger partial charge in [0.2, 0.25) is 0 Å². The average Bonchev–Trinajstić information content (AvgIpc) is 2.98. The van der Waals surface area contributed by atoms with Crippen LogP contribution in [0.2, 0.25) is 0 Å². The smallest absolute Gasteiger partial charge is 0.194 e. The minimum Gasteiger partial charge on any atom is -0.380 e. The number of guanidine groups is 1. The third-order valence-electron chi connectivity index (χ3n) is 5.20. The van der Waals surface area contributed by atoms with Gasteiger partial charge < -0.3 is 15.0 Å². The van der Waals surface area contributed by atoms with Crippen molar-refractivity contribution < 1.29 is 4.74 Å². The van der Waals surface area contributed by atoms with E-state index >= 15 is 0 Å². The molecule has 0 radical (unpaired) electrons. The van der Waals surface area contributed by atoms with Crippen LogP contribution in [0.3, 0.4) is 0 Å². The molecule has 0 bridgehead atoms. The number of methoxy groups -OCH3 is 1. The largest absolute Gasteiger partial charge is 0.380 e. The summed E-state index contributed by atoms with van der Waals surface area (Å²) in [4.78, 5) is 7.34. The van der Waals surface area contributed by atoms with Crippen LogP contribution >= 0.6 is 24.0 Å². The lowest BCUT2D eigenvalue weighted by molar-refractivity contribution is 0.151. The number of nitrogens with one attached hydrogen (secondary N) is 1. The first-order valence-electron chi connectivity index (χ1n) is 8.85. The van der Waals surface area contributed by atoms with Gasteiger partial charge >= 0.3 is 0 Å². The number of likely N-dealkylation sites (tertiary alicyclic amines) is 1. The Morgan fingerprint density at radius 2 is 2.08 bits per heavy atom. The number of rotatable bonds is 5. The standard InChI is InChI=1S/C19H29N3O.HI/c1-3-20-18(22-11-10-19(15-22)8-5-9-19)21-13-16-6-4-7-17(12-16)14-23-2;/h4,6-7,12H,3,5,8-11,13-15H2,1-2H3,(H,20,21);1H. The van der Waals surface area contributed by atoms with Gasteiger partial charge in [-0.2, -0.15) is 0 Å². The van der Waals surface area contributed by atoms with Gasteiger partial charge in [-0.25, -0.2) is 4.99 Å². The quantitative estimate of drug-likeness (QED) is 0.428. The Hall–Kier alpha value is -0.820. The Morgan fingerprint density at radius 1 is 1.29 bits per heavy atom. The number of ether oxygens (including phenoxy) is 1. The van der Waals surface area contributed by atoms with Crippen molar-refractivity contribution >= 4 is 29.9 Å². The maximum atomic E-state index is 5.21. The van der Waals surface area contributed by atoms with Crippen LogP contribution in [0.25, 0.3) is 0 Å². The molecule has 1 saturated heterocycles. The van der Waals surface area contributed by atoms with Crippen molar-refractivity contribution in [1.82, 2.24) is 10.2 Å². The van der Waals surface area contributed by atoms with Crippen LogP contribution in [0.15, 0.2) is 29.3 Å². The van der Waals surface area contributed by atoms with E-state index in [2.05, 4.69) is 41.4 Å². The predicted molar refractivity (Wildman–Crippen MR) is 110 cm³/mol. The molecule has 1 N–H and O–H groups in total. The van der Waals surface area contributed by atoms with Gasteiger partial charge in [-0.3, -0.25) is 0 Å². The molecule has 24 heavy (non-hydrogen) atoms. The molecule has 4 nitrogen and oxygen atoms in total. The molecule has 0 unspecified atom stereocenters. The van der Waals surface area contributed by atoms with E-state index in [9.17, 15) is 0 Å². The first-order chi connectivity index (χ1) is 11.2. The van der Waals surface area contributed by atoms with E-state index in [4.69, 9.17) is 9.73 Å². The fourth-order valence-corrected chi connectivity index (χ4v) is 3.78. The van der Waals surface area contributed by atoms with Gasteiger partial charge in [0.1, 0.15) is 0 Å². The molecule has 1 saturated carbocycles. The lowest BCUT2D eigenvalue weighted by Gasteiger charge is -2.38. The molecule has 0 atom stereocenters. The van der Waals surface area contributed by atoms with Crippen molar-refractivity contribution in [3.63, 3.8) is 0 Å². The number of halogens is 1. The van der Waals surface area contributed by atoms with E-state index in [1.807, 2.05) is 0 Å². The molecule has 2 fully saturated rings. The lowest BCUT2D eigenvalue weighted by Crippen LogP contribution is -2.42. The van der Waals surface area contributed by atoms with Crippen molar-refractivity contribution in [3.05, 3.63) is 35.4 Å². The van der Waals surface area contributed by atoms with Crippen LogP contribution in [0.5, 0.6) is 0 Å². The van der Waals surface area contributed by atoms with Gasteiger partial charge in [-0.1, -0.05) is 30.7 Å². The van der Waals surface area contributed by atoms with Gasteiger partial charge in [-0.15, -0.1) is 24.0 Å². The number of nitrogens with zero attached hydrogens (tertiary/aromatic N) is 2. The highest BCUT2D eigenvalue weighted by atomic mass is 127. The summed E-state index contributed by atoms with van der Waals surface area (Å²) in [6.45, 7) is 6.78. The molecule has 1 spiro atoms. The summed E-state index contributed by atoms with van der Waals surface area (Å²) in [5, 5.41) is 3.47. The normalized spacial score (nSPS) is 19.1. The maximum Gasteiger partial charge on any atom is 0.194 e. The van der Waals surface area contributed by atoms with Crippen molar-refractivity contribution in [1.29, 1.82) is 0 Å². The molecule has 1 aromatic rings. The second-order valence-corrected chi connectivity index (χ2v) is 6.95. The summed E-state index contributed by atoms with van der Waals surface area (Å²) < 4.78 is 5.21. The fraction of sp³-hybridized carbons (Fsp3) is 0.632. The number of benzene rings is 1. The second kappa shape index (κ2) is 9.04. The Bertz CT molecular complexity index is 557. The van der Waals surface area contributed by atoms with Crippen LogP contribution in [0, 0.1) is 5.41 Å². The van der Waals surface area contributed by atoms with Crippen LogP contribution < -0.4 is 5.32 Å². The Morgan fingerprint density at radius 3 is 2.71 bits per heavy atom. The molecule has 134 valence electrons. The van der Waals surface area contributed by atoms with Gasteiger partial charge in [-0.05, 0) is 42.7 Å². The third kappa shape index (κ3) is 4.63. The highest BCUT2D eigenvalue weighted by molar-refractivity contribution is 14.0. The SMILES string of the molecule is CCNC(=NCc1cccc(COC)c1)N1CCC2(CCC2)C1.I. The first-order valence-corrected chi connectivity index (χ1v) is 8.85. The Kier molecular flexibility index (Phi) is 7.34. The zero-order valence-electron chi connectivity index (χ0n) is 14.9. The third-order valence-corrected chi connectivity index (χ3v) is 5.20. The van der Waals surface area contributed by atoms with E-state index in [-0.39, 0.29) is 24.0 Å². The van der Waals surface area contributed by atoms with E-state index in [1.165, 1.54) is 43.4 Å². The van der Waals surface area contributed by atoms with Crippen LogP contribution in [0.1, 0.15) is 43.7 Å². The van der Waals surface area contributed by atoms with Gasteiger partial charge in [0.15, 0.2) is 5.96 Å². The fourth-order valence-electron chi connectivity index (χ4n) is 3.78. The highest BCUT2D eigenvalue weighted by Gasteiger charge is 2.43. The Labute approximate surface area is 163 Å². The monoisotopic (exact) mass is 443 g/mol. The van der Waals surface area contributed by atoms with Crippen molar-refractivity contribution in [3.8, 4) is 0 Å². The van der Waals surface area contributed by atoms with E-state index < -0.39 is 0 Å². The lowest BCUT2D eigenvalue weighted by atomic mass is 9.68. The summed E-state index contributed by atoms with van der Waals surface area (Å²) in [5.41, 5.74) is 3.06. The molecular formula is C19H30IN3O. The molecule has 2 aliphatic rings. The summed E-state index contributed by atoms with van der Waals surface area (Å²) in [6, 6.07) is 8.52. The zero-order chi connectivity index (χ0) is 16.1. The van der Waals surface area contributed by atoms with E-state index in [0.717, 1.165) is 25.6 Å². The maximum absolute atomic E-state index is 5.21. The molecule has 5 heteroatoms. The number of aliphatic imine (C=N–C) groups is 1. The summed E-state index contributed by atoms with van der Waals surface area (Å²) in [5.74, 6) is 1.08. The molecule has 0 amide bonds. The molecule has 1 aliphatic carbocycles. The van der Waals surface area contributed by atoms with Crippen LogP contribution in [-0.4, -0.2) is 37.6 Å². The summed E-state index contributed by atoms with van der Waals surface area (Å²) >= 11 is 0. The van der Waals surface area contributed by atoms with Crippen molar-refractivity contribution in [2.45, 2.75) is 45.8 Å². The van der Waals surface area contributed by atoms with E-state index in [1.54, 1.807) is 7.11 Å². The molecular weight excluding hydrogens is 413 g/mol. The number of hydrogen-bond acceptors (Lipinski definition) is 2. The summed E-state index contributed by atoms with van der Waals surface area (Å²) in [7, 11) is 1.73. The van der Waals surface area contributed by atoms with Crippen LogP contribution in [-0.2, 0) is 17.9 Å². The van der Waals surface area contributed by atoms with Gasteiger partial charge in [0.25, 0.3) is 0 Å². The van der Waals surface area contributed by atoms with E-state index in [0.29, 0.717) is 12.0 Å². The zero-order valence-corrected chi connectivity index (χ0v) is 17.2. The minimum absolute atomic E-state index is 0. The number of hydrogen-bond donors (Lipinski definition) is 1. The van der Waals surface area contributed by atoms with Crippen molar-refractivity contribution in [2.75, 3.05) is 26.7 Å². The first kappa shape index (κ1) is 19.5. The van der Waals surface area contributed by atoms with Crippen LogP contribution in [0.4, 0.5) is 0 Å². The van der Waals surface area contributed by atoms with Gasteiger partial charge in [0.05, 0.1) is 13.2 Å². The Balaban J connectivity index is 0.00000208. The molecule has 1 aliphatic heterocycles. The predicted octanol–water partition coefficient (Wildman–Crippen LogP) is 3.79. The molecule has 3 rings (SSSR count). The van der Waals surface area contributed by atoms with Crippen molar-refractivity contribution in [2.24, 2.45) is 10.4 Å². The second-order valence-electron chi connectivity index (χ2n) is 6.95. The summed E-state index contributed by atoms with van der Waals surface area (Å²) in [6.07, 6.45) is 5.55. The average molecular weight is 443 g/mol. The molecule has 1 heterocycles. The van der Waals surface area contributed by atoms with Gasteiger partial charge in [0, 0.05) is 26.7 Å².